The summed E-state index contributed by atoms with van der Waals surface area (Å²) in [6.07, 6.45) is 6.08. The molecule has 3 heteroatoms. The van der Waals surface area contributed by atoms with Crippen molar-refractivity contribution in [1.29, 1.82) is 0 Å². The van der Waals surface area contributed by atoms with Crippen LogP contribution in [0, 0.1) is 0 Å². The number of aliphatic hydroxyl groups is 1. The van der Waals surface area contributed by atoms with Crippen LogP contribution in [0.15, 0.2) is 0 Å². The Hall–Kier alpha value is -0.120. The molecule has 0 aliphatic carbocycles. The highest BCUT2D eigenvalue weighted by Gasteiger charge is 2.19. The Morgan fingerprint density at radius 2 is 1.81 bits per heavy atom. The number of aliphatic hydroxyl groups excluding tert-OH is 1. The maximum atomic E-state index is 9.25. The SMILES string of the molecule is CCCCCN(C)CCCC(C)(CO)NC. The molecule has 0 rings (SSSR count). The maximum Gasteiger partial charge on any atom is 0.0610 e. The van der Waals surface area contributed by atoms with E-state index in [1.807, 2.05) is 7.05 Å². The quantitative estimate of drug-likeness (QED) is 0.562. The first-order chi connectivity index (χ1) is 7.58. The molecule has 3 nitrogen and oxygen atoms in total. The number of hydrogen-bond donors (Lipinski definition) is 2. The lowest BCUT2D eigenvalue weighted by Gasteiger charge is -2.27. The van der Waals surface area contributed by atoms with Crippen molar-refractivity contribution >= 4 is 0 Å². The van der Waals surface area contributed by atoms with Crippen LogP contribution in [-0.2, 0) is 0 Å². The molecule has 0 amide bonds. The molecule has 16 heavy (non-hydrogen) atoms. The summed E-state index contributed by atoms with van der Waals surface area (Å²) in [4.78, 5) is 2.39. The predicted molar refractivity (Wildman–Crippen MR) is 70.8 cm³/mol. The number of unbranched alkanes of at least 4 members (excludes halogenated alkanes) is 2. The van der Waals surface area contributed by atoms with Crippen molar-refractivity contribution in [1.82, 2.24) is 10.2 Å². The zero-order chi connectivity index (χ0) is 12.4. The molecule has 0 aliphatic heterocycles. The van der Waals surface area contributed by atoms with Gasteiger partial charge in [-0.2, -0.15) is 0 Å². The lowest BCUT2D eigenvalue weighted by Crippen LogP contribution is -2.43. The lowest BCUT2D eigenvalue weighted by atomic mass is 9.97. The molecular weight excluding hydrogens is 200 g/mol. The van der Waals surface area contributed by atoms with E-state index in [4.69, 9.17) is 0 Å². The van der Waals surface area contributed by atoms with E-state index in [9.17, 15) is 5.11 Å². The molecule has 0 aliphatic rings. The normalized spacial score (nSPS) is 15.4. The standard InChI is InChI=1S/C13H30N2O/c1-5-6-7-10-15(4)11-8-9-13(2,12-16)14-3/h14,16H,5-12H2,1-4H3. The van der Waals surface area contributed by atoms with Crippen molar-refractivity contribution in [2.75, 3.05) is 33.8 Å². The van der Waals surface area contributed by atoms with Crippen molar-refractivity contribution in [3.05, 3.63) is 0 Å². The first kappa shape index (κ1) is 15.9. The largest absolute Gasteiger partial charge is 0.394 e. The molecule has 98 valence electrons. The van der Waals surface area contributed by atoms with Crippen molar-refractivity contribution in [2.45, 2.75) is 51.5 Å². The smallest absolute Gasteiger partial charge is 0.0610 e. The second-order valence-corrected chi connectivity index (χ2v) is 5.08. The van der Waals surface area contributed by atoms with Crippen LogP contribution in [0.3, 0.4) is 0 Å². The Labute approximate surface area is 101 Å². The predicted octanol–water partition coefficient (Wildman–Crippen LogP) is 1.86. The van der Waals surface area contributed by atoms with Crippen LogP contribution in [0.4, 0.5) is 0 Å². The summed E-state index contributed by atoms with van der Waals surface area (Å²) in [5, 5.41) is 12.4. The van der Waals surface area contributed by atoms with Gasteiger partial charge in [0.05, 0.1) is 6.61 Å². The summed E-state index contributed by atoms with van der Waals surface area (Å²) < 4.78 is 0. The molecule has 0 fully saturated rings. The van der Waals surface area contributed by atoms with E-state index in [2.05, 4.69) is 31.1 Å². The van der Waals surface area contributed by atoms with Gasteiger partial charge in [0.15, 0.2) is 0 Å². The second-order valence-electron chi connectivity index (χ2n) is 5.08. The highest BCUT2D eigenvalue weighted by molar-refractivity contribution is 4.80. The second kappa shape index (κ2) is 8.97. The van der Waals surface area contributed by atoms with E-state index in [0.29, 0.717) is 0 Å². The summed E-state index contributed by atoms with van der Waals surface area (Å²) in [5.74, 6) is 0. The van der Waals surface area contributed by atoms with E-state index in [0.717, 1.165) is 19.4 Å². The fourth-order valence-corrected chi connectivity index (χ4v) is 1.77. The fourth-order valence-electron chi connectivity index (χ4n) is 1.77. The van der Waals surface area contributed by atoms with Crippen molar-refractivity contribution in [3.63, 3.8) is 0 Å². The number of likely N-dealkylation sites (N-methyl/N-ethyl adjacent to an activating group) is 1. The van der Waals surface area contributed by atoms with Gasteiger partial charge in [-0.1, -0.05) is 19.8 Å². The summed E-state index contributed by atoms with van der Waals surface area (Å²) in [6, 6.07) is 0. The first-order valence-corrected chi connectivity index (χ1v) is 6.56. The molecule has 0 spiro atoms. The third-order valence-corrected chi connectivity index (χ3v) is 3.36. The van der Waals surface area contributed by atoms with Crippen LogP contribution < -0.4 is 5.32 Å². The van der Waals surface area contributed by atoms with Crippen LogP contribution in [0.1, 0.15) is 46.0 Å². The minimum Gasteiger partial charge on any atom is -0.394 e. The molecule has 0 saturated carbocycles. The van der Waals surface area contributed by atoms with Gasteiger partial charge < -0.3 is 15.3 Å². The molecule has 0 radical (unpaired) electrons. The van der Waals surface area contributed by atoms with E-state index < -0.39 is 0 Å². The third kappa shape index (κ3) is 7.20. The Bertz CT molecular complexity index is 158. The Morgan fingerprint density at radius 1 is 1.19 bits per heavy atom. The molecule has 0 heterocycles. The van der Waals surface area contributed by atoms with Crippen LogP contribution in [0.25, 0.3) is 0 Å². The van der Waals surface area contributed by atoms with Gasteiger partial charge in [0.25, 0.3) is 0 Å². The molecule has 1 unspecified atom stereocenters. The summed E-state index contributed by atoms with van der Waals surface area (Å²) in [7, 11) is 4.10. The molecule has 2 N–H and O–H groups in total. The molecule has 0 bridgehead atoms. The van der Waals surface area contributed by atoms with Gasteiger partial charge >= 0.3 is 0 Å². The Balaban J connectivity index is 3.56. The van der Waals surface area contributed by atoms with Gasteiger partial charge in [0.1, 0.15) is 0 Å². The maximum absolute atomic E-state index is 9.25. The van der Waals surface area contributed by atoms with Crippen LogP contribution >= 0.6 is 0 Å². The van der Waals surface area contributed by atoms with E-state index >= 15 is 0 Å². The van der Waals surface area contributed by atoms with Crippen molar-refractivity contribution in [3.8, 4) is 0 Å². The molecule has 0 aromatic rings. The van der Waals surface area contributed by atoms with Crippen molar-refractivity contribution < 1.29 is 5.11 Å². The van der Waals surface area contributed by atoms with Gasteiger partial charge in [-0.15, -0.1) is 0 Å². The van der Waals surface area contributed by atoms with Gasteiger partial charge in [-0.05, 0) is 53.4 Å². The fraction of sp³-hybridized carbons (Fsp3) is 1.00. The van der Waals surface area contributed by atoms with Gasteiger partial charge in [0.2, 0.25) is 0 Å². The average Bonchev–Trinajstić information content (AvgIpc) is 2.29. The van der Waals surface area contributed by atoms with Crippen LogP contribution in [0.2, 0.25) is 0 Å². The first-order valence-electron chi connectivity index (χ1n) is 6.56. The van der Waals surface area contributed by atoms with Crippen LogP contribution in [0.5, 0.6) is 0 Å². The highest BCUT2D eigenvalue weighted by atomic mass is 16.3. The average molecular weight is 230 g/mol. The third-order valence-electron chi connectivity index (χ3n) is 3.36. The molecule has 1 atom stereocenters. The van der Waals surface area contributed by atoms with Gasteiger partial charge in [0, 0.05) is 5.54 Å². The zero-order valence-corrected chi connectivity index (χ0v) is 11.6. The highest BCUT2D eigenvalue weighted by Crippen LogP contribution is 2.11. The Kier molecular flexibility index (Phi) is 8.90. The Morgan fingerprint density at radius 3 is 2.31 bits per heavy atom. The summed E-state index contributed by atoms with van der Waals surface area (Å²) >= 11 is 0. The molecule has 0 saturated heterocycles. The number of hydrogen-bond acceptors (Lipinski definition) is 3. The monoisotopic (exact) mass is 230 g/mol. The number of nitrogens with zero attached hydrogens (tertiary/aromatic N) is 1. The van der Waals surface area contributed by atoms with Gasteiger partial charge in [-0.3, -0.25) is 0 Å². The van der Waals surface area contributed by atoms with Crippen molar-refractivity contribution in [2.24, 2.45) is 0 Å². The number of nitrogens with one attached hydrogen (secondary N) is 1. The van der Waals surface area contributed by atoms with E-state index in [1.165, 1.54) is 25.8 Å². The number of rotatable bonds is 10. The minimum absolute atomic E-state index is 0.107. The topological polar surface area (TPSA) is 35.5 Å². The summed E-state index contributed by atoms with van der Waals surface area (Å²) in [6.45, 7) is 6.84. The van der Waals surface area contributed by atoms with E-state index in [1.54, 1.807) is 0 Å². The summed E-state index contributed by atoms with van der Waals surface area (Å²) in [5.41, 5.74) is -0.107. The van der Waals surface area contributed by atoms with Gasteiger partial charge in [-0.25, -0.2) is 0 Å². The van der Waals surface area contributed by atoms with Crippen LogP contribution in [-0.4, -0.2) is 49.3 Å². The lowest BCUT2D eigenvalue weighted by molar-refractivity contribution is 0.166. The molecule has 0 aromatic carbocycles. The zero-order valence-electron chi connectivity index (χ0n) is 11.6. The minimum atomic E-state index is -0.107. The molecule has 0 aromatic heterocycles. The van der Waals surface area contributed by atoms with E-state index in [-0.39, 0.29) is 12.1 Å². The molecular formula is C13H30N2O.